The van der Waals surface area contributed by atoms with Crippen LogP contribution in [0.3, 0.4) is 0 Å². The molecule has 1 unspecified atom stereocenters. The summed E-state index contributed by atoms with van der Waals surface area (Å²) in [4.78, 5) is 7.34. The summed E-state index contributed by atoms with van der Waals surface area (Å²) in [6.45, 7) is 1.97. The standard InChI is InChI=1S/C12H13N5/c1-7-10(6-16-17-7)11(13)8-2-4-14-12-9(8)3-5-15-12/h2-6,11H,13H2,1H3,(H,14,15)(H,16,17). The van der Waals surface area contributed by atoms with Crippen LogP contribution in [0.15, 0.2) is 30.7 Å². The van der Waals surface area contributed by atoms with Crippen molar-refractivity contribution in [1.29, 1.82) is 0 Å². The van der Waals surface area contributed by atoms with E-state index in [1.54, 1.807) is 12.4 Å². The first-order chi connectivity index (χ1) is 8.27. The SMILES string of the molecule is Cc1[nH]ncc1C(N)c1ccnc2[nH]ccc12. The number of nitrogens with two attached hydrogens (primary N) is 1. The zero-order valence-corrected chi connectivity index (χ0v) is 9.44. The molecule has 3 aromatic rings. The fourth-order valence-corrected chi connectivity index (χ4v) is 2.09. The normalized spacial score (nSPS) is 13.1. The van der Waals surface area contributed by atoms with E-state index in [2.05, 4.69) is 20.2 Å². The van der Waals surface area contributed by atoms with Gasteiger partial charge >= 0.3 is 0 Å². The van der Waals surface area contributed by atoms with Crippen molar-refractivity contribution in [2.24, 2.45) is 5.73 Å². The van der Waals surface area contributed by atoms with Crippen molar-refractivity contribution in [2.45, 2.75) is 13.0 Å². The monoisotopic (exact) mass is 227 g/mol. The highest BCUT2D eigenvalue weighted by atomic mass is 15.1. The molecule has 3 rings (SSSR count). The molecule has 17 heavy (non-hydrogen) atoms. The number of aromatic nitrogens is 4. The molecule has 5 nitrogen and oxygen atoms in total. The summed E-state index contributed by atoms with van der Waals surface area (Å²) >= 11 is 0. The fourth-order valence-electron chi connectivity index (χ4n) is 2.09. The molecule has 5 heteroatoms. The lowest BCUT2D eigenvalue weighted by Crippen LogP contribution is -2.12. The minimum Gasteiger partial charge on any atom is -0.346 e. The van der Waals surface area contributed by atoms with Gasteiger partial charge in [0.25, 0.3) is 0 Å². The number of fused-ring (bicyclic) bond motifs is 1. The Bertz CT molecular complexity index is 652. The van der Waals surface area contributed by atoms with E-state index in [0.717, 1.165) is 27.9 Å². The molecule has 0 aliphatic rings. The highest BCUT2D eigenvalue weighted by Gasteiger charge is 2.16. The van der Waals surface area contributed by atoms with Gasteiger partial charge in [0, 0.05) is 29.0 Å². The van der Waals surface area contributed by atoms with Crippen molar-refractivity contribution in [3.63, 3.8) is 0 Å². The zero-order valence-electron chi connectivity index (χ0n) is 9.44. The first kappa shape index (κ1) is 10.0. The van der Waals surface area contributed by atoms with Gasteiger partial charge < -0.3 is 10.7 Å². The van der Waals surface area contributed by atoms with Gasteiger partial charge in [0.05, 0.1) is 12.2 Å². The van der Waals surface area contributed by atoms with Crippen molar-refractivity contribution in [3.8, 4) is 0 Å². The van der Waals surface area contributed by atoms with Crippen molar-refractivity contribution >= 4 is 11.0 Å². The van der Waals surface area contributed by atoms with Gasteiger partial charge in [-0.2, -0.15) is 5.10 Å². The van der Waals surface area contributed by atoms with E-state index in [1.807, 2.05) is 25.3 Å². The van der Waals surface area contributed by atoms with Gasteiger partial charge in [0.1, 0.15) is 5.65 Å². The van der Waals surface area contributed by atoms with Crippen LogP contribution in [-0.4, -0.2) is 20.2 Å². The van der Waals surface area contributed by atoms with Crippen molar-refractivity contribution < 1.29 is 0 Å². The number of hydrogen-bond acceptors (Lipinski definition) is 3. The number of nitrogens with one attached hydrogen (secondary N) is 2. The van der Waals surface area contributed by atoms with Crippen molar-refractivity contribution in [2.75, 3.05) is 0 Å². The van der Waals surface area contributed by atoms with Crippen LogP contribution in [0.4, 0.5) is 0 Å². The predicted molar refractivity (Wildman–Crippen MR) is 65.4 cm³/mol. The molecule has 3 heterocycles. The maximum absolute atomic E-state index is 6.29. The number of aromatic amines is 2. The van der Waals surface area contributed by atoms with E-state index in [4.69, 9.17) is 5.73 Å². The first-order valence-electron chi connectivity index (χ1n) is 5.45. The highest BCUT2D eigenvalue weighted by molar-refractivity contribution is 5.80. The van der Waals surface area contributed by atoms with Gasteiger partial charge in [0.15, 0.2) is 0 Å². The van der Waals surface area contributed by atoms with Crippen LogP contribution in [-0.2, 0) is 0 Å². The molecule has 0 aliphatic heterocycles. The molecule has 0 saturated carbocycles. The summed E-state index contributed by atoms with van der Waals surface area (Å²) < 4.78 is 0. The average molecular weight is 227 g/mol. The minimum atomic E-state index is -0.185. The Hall–Kier alpha value is -2.14. The van der Waals surface area contributed by atoms with Crippen LogP contribution >= 0.6 is 0 Å². The minimum absolute atomic E-state index is 0.185. The lowest BCUT2D eigenvalue weighted by atomic mass is 9.99. The molecule has 4 N–H and O–H groups in total. The van der Waals surface area contributed by atoms with E-state index >= 15 is 0 Å². The summed E-state index contributed by atoms with van der Waals surface area (Å²) in [5, 5.41) is 7.97. The Kier molecular flexibility index (Phi) is 2.19. The molecule has 3 aromatic heterocycles. The number of pyridine rings is 1. The molecule has 0 spiro atoms. The molecule has 0 saturated heterocycles. The first-order valence-corrected chi connectivity index (χ1v) is 5.45. The Balaban J connectivity index is 2.15. The Morgan fingerprint density at radius 3 is 2.94 bits per heavy atom. The third-order valence-electron chi connectivity index (χ3n) is 3.03. The van der Waals surface area contributed by atoms with Crippen LogP contribution in [0, 0.1) is 6.92 Å². The number of hydrogen-bond donors (Lipinski definition) is 3. The van der Waals surface area contributed by atoms with Crippen LogP contribution in [0.1, 0.15) is 22.9 Å². The predicted octanol–water partition coefficient (Wildman–Crippen LogP) is 1.64. The lowest BCUT2D eigenvalue weighted by Gasteiger charge is -2.12. The summed E-state index contributed by atoms with van der Waals surface area (Å²) in [6.07, 6.45) is 5.42. The summed E-state index contributed by atoms with van der Waals surface area (Å²) in [5.41, 5.74) is 10.2. The van der Waals surface area contributed by atoms with E-state index < -0.39 is 0 Å². The molecular weight excluding hydrogens is 214 g/mol. The maximum Gasteiger partial charge on any atom is 0.137 e. The second-order valence-corrected chi connectivity index (χ2v) is 4.07. The molecule has 0 amide bonds. The molecule has 86 valence electrons. The molecule has 0 fully saturated rings. The van der Waals surface area contributed by atoms with Gasteiger partial charge in [-0.05, 0) is 24.6 Å². The van der Waals surface area contributed by atoms with E-state index in [-0.39, 0.29) is 6.04 Å². The number of H-pyrrole nitrogens is 2. The van der Waals surface area contributed by atoms with Gasteiger partial charge in [-0.3, -0.25) is 5.10 Å². The second kappa shape index (κ2) is 3.71. The number of aryl methyl sites for hydroxylation is 1. The summed E-state index contributed by atoms with van der Waals surface area (Å²) in [6, 6.07) is 3.76. The van der Waals surface area contributed by atoms with E-state index in [9.17, 15) is 0 Å². The molecule has 0 radical (unpaired) electrons. The van der Waals surface area contributed by atoms with Gasteiger partial charge in [0.2, 0.25) is 0 Å². The molecule has 1 atom stereocenters. The Morgan fingerprint density at radius 2 is 2.18 bits per heavy atom. The average Bonchev–Trinajstić information content (AvgIpc) is 2.95. The van der Waals surface area contributed by atoms with Crippen molar-refractivity contribution in [1.82, 2.24) is 20.2 Å². The van der Waals surface area contributed by atoms with Crippen molar-refractivity contribution in [3.05, 3.63) is 47.5 Å². The third-order valence-corrected chi connectivity index (χ3v) is 3.03. The smallest absolute Gasteiger partial charge is 0.137 e. The Labute approximate surface area is 98.1 Å². The second-order valence-electron chi connectivity index (χ2n) is 4.07. The van der Waals surface area contributed by atoms with E-state index in [1.165, 1.54) is 0 Å². The molecular formula is C12H13N5. The van der Waals surface area contributed by atoms with Crippen LogP contribution < -0.4 is 5.73 Å². The van der Waals surface area contributed by atoms with E-state index in [0.29, 0.717) is 0 Å². The van der Waals surface area contributed by atoms with Gasteiger partial charge in [-0.25, -0.2) is 4.98 Å². The largest absolute Gasteiger partial charge is 0.346 e. The van der Waals surface area contributed by atoms with Crippen LogP contribution in [0.5, 0.6) is 0 Å². The highest BCUT2D eigenvalue weighted by Crippen LogP contribution is 2.26. The van der Waals surface area contributed by atoms with Gasteiger partial charge in [-0.1, -0.05) is 0 Å². The molecule has 0 bridgehead atoms. The maximum atomic E-state index is 6.29. The van der Waals surface area contributed by atoms with Crippen LogP contribution in [0.2, 0.25) is 0 Å². The summed E-state index contributed by atoms with van der Waals surface area (Å²) in [5.74, 6) is 0. The lowest BCUT2D eigenvalue weighted by molar-refractivity contribution is 0.869. The molecule has 0 aliphatic carbocycles. The fraction of sp³-hybridized carbons (Fsp3) is 0.167. The summed E-state index contributed by atoms with van der Waals surface area (Å²) in [7, 11) is 0. The number of rotatable bonds is 2. The topological polar surface area (TPSA) is 83.4 Å². The third kappa shape index (κ3) is 1.52. The number of nitrogens with zero attached hydrogens (tertiary/aromatic N) is 2. The van der Waals surface area contributed by atoms with Crippen LogP contribution in [0.25, 0.3) is 11.0 Å². The zero-order chi connectivity index (χ0) is 11.8. The molecule has 0 aromatic carbocycles. The van der Waals surface area contributed by atoms with Gasteiger partial charge in [-0.15, -0.1) is 0 Å². The quantitative estimate of drug-likeness (QED) is 0.622. The Morgan fingerprint density at radius 1 is 1.29 bits per heavy atom.